The number of para-hydroxylation sites is 2. The number of hydrogen-bond acceptors (Lipinski definition) is 4. The van der Waals surface area contributed by atoms with Crippen molar-refractivity contribution >= 4 is 17.4 Å². The van der Waals surface area contributed by atoms with Crippen LogP contribution in [0.1, 0.15) is 15.9 Å². The van der Waals surface area contributed by atoms with E-state index in [0.717, 1.165) is 29.9 Å². The average molecular weight is 383 g/mol. The van der Waals surface area contributed by atoms with Crippen molar-refractivity contribution in [3.63, 3.8) is 0 Å². The van der Waals surface area contributed by atoms with Crippen molar-refractivity contribution in [2.24, 2.45) is 0 Å². The molecule has 0 saturated heterocycles. The first kappa shape index (κ1) is 19.3. The molecule has 3 aromatic rings. The molecule has 1 aromatic heterocycles. The summed E-state index contributed by atoms with van der Waals surface area (Å²) in [7, 11) is 1.63. The monoisotopic (exact) mass is 383 g/mol. The van der Waals surface area contributed by atoms with Gasteiger partial charge in [0.2, 0.25) is 0 Å². The standard InChI is InChI=1S/C21H19F2N3O2/c1-28-18-8-3-2-5-14(18)11-12-24-19-10-9-15(13-25-19)21(27)26-20-16(22)6-4-7-17(20)23/h2-10,13H,11-12H2,1H3,(H,24,25)(H,26,27). The molecule has 2 aromatic carbocycles. The van der Waals surface area contributed by atoms with Crippen molar-refractivity contribution in [2.45, 2.75) is 6.42 Å². The smallest absolute Gasteiger partial charge is 0.257 e. The first-order valence-electron chi connectivity index (χ1n) is 8.65. The van der Waals surface area contributed by atoms with Gasteiger partial charge in [-0.2, -0.15) is 0 Å². The van der Waals surface area contributed by atoms with Crippen LogP contribution in [-0.2, 0) is 6.42 Å². The summed E-state index contributed by atoms with van der Waals surface area (Å²) in [6, 6.07) is 14.3. The molecule has 0 aliphatic heterocycles. The molecule has 0 unspecified atom stereocenters. The van der Waals surface area contributed by atoms with E-state index in [1.165, 1.54) is 18.3 Å². The Bertz CT molecular complexity index is 942. The molecule has 0 fully saturated rings. The van der Waals surface area contributed by atoms with Gasteiger partial charge in [-0.05, 0) is 42.3 Å². The highest BCUT2D eigenvalue weighted by Crippen LogP contribution is 2.20. The third kappa shape index (κ3) is 4.62. The van der Waals surface area contributed by atoms with E-state index in [9.17, 15) is 13.6 Å². The Hall–Kier alpha value is -3.48. The lowest BCUT2D eigenvalue weighted by molar-refractivity contribution is 0.102. The third-order valence-corrected chi connectivity index (χ3v) is 4.12. The number of carbonyl (C=O) groups excluding carboxylic acids is 1. The Labute approximate surface area is 161 Å². The number of rotatable bonds is 7. The van der Waals surface area contributed by atoms with E-state index >= 15 is 0 Å². The molecule has 0 atom stereocenters. The number of halogens is 2. The number of pyridine rings is 1. The number of anilines is 2. The van der Waals surface area contributed by atoms with Gasteiger partial charge in [-0.25, -0.2) is 13.8 Å². The maximum absolute atomic E-state index is 13.6. The fourth-order valence-electron chi connectivity index (χ4n) is 2.67. The fraction of sp³-hybridized carbons (Fsp3) is 0.143. The van der Waals surface area contributed by atoms with E-state index in [-0.39, 0.29) is 5.56 Å². The largest absolute Gasteiger partial charge is 0.496 e. The normalized spacial score (nSPS) is 10.4. The third-order valence-electron chi connectivity index (χ3n) is 4.12. The van der Waals surface area contributed by atoms with E-state index in [1.807, 2.05) is 24.3 Å². The average Bonchev–Trinajstić information content (AvgIpc) is 2.71. The highest BCUT2D eigenvalue weighted by atomic mass is 19.1. The van der Waals surface area contributed by atoms with Crippen molar-refractivity contribution in [3.8, 4) is 5.75 Å². The van der Waals surface area contributed by atoms with Gasteiger partial charge in [-0.1, -0.05) is 24.3 Å². The predicted octanol–water partition coefficient (Wildman–Crippen LogP) is 4.28. The van der Waals surface area contributed by atoms with Gasteiger partial charge in [0.15, 0.2) is 0 Å². The molecule has 3 rings (SSSR count). The lowest BCUT2D eigenvalue weighted by Crippen LogP contribution is -2.15. The molecule has 1 amide bonds. The summed E-state index contributed by atoms with van der Waals surface area (Å²) in [6.45, 7) is 0.624. The SMILES string of the molecule is COc1ccccc1CCNc1ccc(C(=O)Nc2c(F)cccc2F)cn1. The molecular formula is C21H19F2N3O2. The van der Waals surface area contributed by atoms with Gasteiger partial charge in [0.1, 0.15) is 28.9 Å². The topological polar surface area (TPSA) is 63.2 Å². The number of nitrogens with zero attached hydrogens (tertiary/aromatic N) is 1. The predicted molar refractivity (Wildman–Crippen MR) is 104 cm³/mol. The van der Waals surface area contributed by atoms with Crippen LogP contribution in [0.2, 0.25) is 0 Å². The highest BCUT2D eigenvalue weighted by molar-refractivity contribution is 6.04. The minimum absolute atomic E-state index is 0.193. The maximum atomic E-state index is 13.6. The van der Waals surface area contributed by atoms with Crippen molar-refractivity contribution < 1.29 is 18.3 Å². The first-order valence-corrected chi connectivity index (χ1v) is 8.65. The van der Waals surface area contributed by atoms with Crippen LogP contribution in [0.15, 0.2) is 60.8 Å². The molecule has 7 heteroatoms. The lowest BCUT2D eigenvalue weighted by atomic mass is 10.1. The van der Waals surface area contributed by atoms with Gasteiger partial charge in [0.25, 0.3) is 5.91 Å². The van der Waals surface area contributed by atoms with Gasteiger partial charge in [-0.15, -0.1) is 0 Å². The summed E-state index contributed by atoms with van der Waals surface area (Å²) in [5.41, 5.74) is 0.782. The van der Waals surface area contributed by atoms with E-state index in [4.69, 9.17) is 4.74 Å². The van der Waals surface area contributed by atoms with Crippen molar-refractivity contribution in [3.05, 3.63) is 83.6 Å². The van der Waals surface area contributed by atoms with Crippen LogP contribution < -0.4 is 15.4 Å². The molecular weight excluding hydrogens is 364 g/mol. The fourth-order valence-corrected chi connectivity index (χ4v) is 2.67. The Morgan fingerprint density at radius 1 is 1.04 bits per heavy atom. The van der Waals surface area contributed by atoms with Crippen molar-refractivity contribution in [2.75, 3.05) is 24.3 Å². The van der Waals surface area contributed by atoms with E-state index < -0.39 is 23.2 Å². The van der Waals surface area contributed by atoms with Crippen LogP contribution in [0.3, 0.4) is 0 Å². The molecule has 2 N–H and O–H groups in total. The second kappa shape index (κ2) is 8.94. The van der Waals surface area contributed by atoms with Crippen LogP contribution in [0, 0.1) is 11.6 Å². The Morgan fingerprint density at radius 3 is 2.46 bits per heavy atom. The number of benzene rings is 2. The van der Waals surface area contributed by atoms with E-state index in [2.05, 4.69) is 15.6 Å². The van der Waals surface area contributed by atoms with Gasteiger partial charge in [0.05, 0.1) is 12.7 Å². The molecule has 5 nitrogen and oxygen atoms in total. The van der Waals surface area contributed by atoms with Crippen molar-refractivity contribution in [1.82, 2.24) is 4.98 Å². The number of aromatic nitrogens is 1. The summed E-state index contributed by atoms with van der Waals surface area (Å²) in [6.07, 6.45) is 2.08. The van der Waals surface area contributed by atoms with Crippen molar-refractivity contribution in [1.29, 1.82) is 0 Å². The van der Waals surface area contributed by atoms with Crippen LogP contribution in [0.5, 0.6) is 5.75 Å². The zero-order valence-corrected chi connectivity index (χ0v) is 15.2. The van der Waals surface area contributed by atoms with Gasteiger partial charge in [-0.3, -0.25) is 4.79 Å². The molecule has 0 aliphatic carbocycles. The summed E-state index contributed by atoms with van der Waals surface area (Å²) in [5, 5.41) is 5.39. The Kier molecular flexibility index (Phi) is 6.16. The molecule has 1 heterocycles. The molecule has 28 heavy (non-hydrogen) atoms. The Morgan fingerprint density at radius 2 is 1.79 bits per heavy atom. The quantitative estimate of drug-likeness (QED) is 0.639. The summed E-state index contributed by atoms with van der Waals surface area (Å²) in [4.78, 5) is 16.3. The number of carbonyl (C=O) groups is 1. The number of nitrogens with one attached hydrogen (secondary N) is 2. The summed E-state index contributed by atoms with van der Waals surface area (Å²) >= 11 is 0. The molecule has 0 spiro atoms. The first-order chi connectivity index (χ1) is 13.6. The second-order valence-corrected chi connectivity index (χ2v) is 5.97. The molecule has 144 valence electrons. The van der Waals surface area contributed by atoms with Crippen LogP contribution in [-0.4, -0.2) is 24.5 Å². The van der Waals surface area contributed by atoms with Gasteiger partial charge < -0.3 is 15.4 Å². The lowest BCUT2D eigenvalue weighted by Gasteiger charge is -2.10. The second-order valence-electron chi connectivity index (χ2n) is 5.97. The van der Waals surface area contributed by atoms with E-state index in [1.54, 1.807) is 13.2 Å². The number of ether oxygens (including phenoxy) is 1. The van der Waals surface area contributed by atoms with Crippen LogP contribution in [0.25, 0.3) is 0 Å². The number of hydrogen-bond donors (Lipinski definition) is 2. The van der Waals surface area contributed by atoms with Crippen LogP contribution >= 0.6 is 0 Å². The Balaban J connectivity index is 1.58. The zero-order valence-electron chi connectivity index (χ0n) is 15.2. The van der Waals surface area contributed by atoms with E-state index in [0.29, 0.717) is 12.4 Å². The van der Waals surface area contributed by atoms with Gasteiger partial charge >= 0.3 is 0 Å². The van der Waals surface area contributed by atoms with Gasteiger partial charge in [0, 0.05) is 12.7 Å². The minimum atomic E-state index is -0.837. The minimum Gasteiger partial charge on any atom is -0.496 e. The zero-order chi connectivity index (χ0) is 19.9. The maximum Gasteiger partial charge on any atom is 0.257 e. The molecule has 0 bridgehead atoms. The highest BCUT2D eigenvalue weighted by Gasteiger charge is 2.13. The van der Waals surface area contributed by atoms with Crippen LogP contribution in [0.4, 0.5) is 20.3 Å². The summed E-state index contributed by atoms with van der Waals surface area (Å²) < 4.78 is 32.6. The molecule has 0 radical (unpaired) electrons. The summed E-state index contributed by atoms with van der Waals surface area (Å²) in [5.74, 6) is -0.905. The molecule has 0 saturated carbocycles. The molecule has 0 aliphatic rings. The number of amides is 1. The number of methoxy groups -OCH3 is 1.